The highest BCUT2D eigenvalue weighted by Crippen LogP contribution is 2.35. The summed E-state index contributed by atoms with van der Waals surface area (Å²) in [7, 11) is -3.55. The molecule has 4 nitrogen and oxygen atoms in total. The van der Waals surface area contributed by atoms with Gasteiger partial charge in [-0.25, -0.2) is 8.42 Å². The Bertz CT molecular complexity index is 570. The number of rotatable bonds is 7. The molecule has 0 aromatic heterocycles. The number of hydrogen-bond acceptors (Lipinski definition) is 3. The summed E-state index contributed by atoms with van der Waals surface area (Å²) < 4.78 is 27.1. The lowest BCUT2D eigenvalue weighted by molar-refractivity contribution is 0.275. The fraction of sp³-hybridized carbons (Fsp3) is 0.571. The van der Waals surface area contributed by atoms with Crippen LogP contribution in [0.3, 0.4) is 0 Å². The summed E-state index contributed by atoms with van der Waals surface area (Å²) in [6, 6.07) is 5.17. The van der Waals surface area contributed by atoms with Crippen molar-refractivity contribution < 1.29 is 13.5 Å². The molecule has 0 radical (unpaired) electrons. The van der Waals surface area contributed by atoms with Gasteiger partial charge in [-0.2, -0.15) is 4.31 Å². The molecule has 0 aliphatic heterocycles. The van der Waals surface area contributed by atoms with Crippen LogP contribution in [0, 0.1) is 6.92 Å². The lowest BCUT2D eigenvalue weighted by Crippen LogP contribution is -2.34. The van der Waals surface area contributed by atoms with E-state index in [2.05, 4.69) is 0 Å². The van der Waals surface area contributed by atoms with Crippen molar-refractivity contribution in [3.63, 3.8) is 0 Å². The van der Waals surface area contributed by atoms with Gasteiger partial charge in [0.1, 0.15) is 4.90 Å². The molecule has 0 heterocycles. The van der Waals surface area contributed by atoms with Crippen LogP contribution in [-0.4, -0.2) is 37.0 Å². The first-order valence-electron chi connectivity index (χ1n) is 6.86. The Kier molecular flexibility index (Phi) is 5.07. The van der Waals surface area contributed by atoms with E-state index in [4.69, 9.17) is 16.7 Å². The first-order valence-corrected chi connectivity index (χ1v) is 8.68. The molecule has 1 aromatic rings. The predicted molar refractivity (Wildman–Crippen MR) is 79.4 cm³/mol. The Hall–Kier alpha value is -0.620. The van der Waals surface area contributed by atoms with Gasteiger partial charge in [0.05, 0.1) is 5.02 Å². The summed E-state index contributed by atoms with van der Waals surface area (Å²) >= 11 is 6.16. The third-order valence-electron chi connectivity index (χ3n) is 3.48. The van der Waals surface area contributed by atoms with E-state index < -0.39 is 10.0 Å². The highest BCUT2D eigenvalue weighted by Gasteiger charge is 2.38. The van der Waals surface area contributed by atoms with E-state index in [0.29, 0.717) is 24.4 Å². The zero-order chi connectivity index (χ0) is 14.8. The smallest absolute Gasteiger partial charge is 0.244 e. The van der Waals surface area contributed by atoms with E-state index in [0.717, 1.165) is 18.4 Å². The lowest BCUT2D eigenvalue weighted by Gasteiger charge is -2.22. The van der Waals surface area contributed by atoms with Crippen molar-refractivity contribution in [2.75, 3.05) is 13.2 Å². The topological polar surface area (TPSA) is 57.6 Å². The first kappa shape index (κ1) is 15.8. The maximum atomic E-state index is 12.8. The molecule has 1 aromatic carbocycles. The van der Waals surface area contributed by atoms with Gasteiger partial charge in [-0.3, -0.25) is 0 Å². The standard InChI is InChI=1S/C14H20ClNO3S/c1-11-5-4-6-13(14(11)15)20(18,19)16(12-7-8-12)9-2-3-10-17/h4-6,12,17H,2-3,7-10H2,1H3. The molecule has 0 atom stereocenters. The largest absolute Gasteiger partial charge is 0.396 e. The molecule has 1 fully saturated rings. The summed E-state index contributed by atoms with van der Waals surface area (Å²) in [6.45, 7) is 2.33. The SMILES string of the molecule is Cc1cccc(S(=O)(=O)N(CCCCO)C2CC2)c1Cl. The minimum absolute atomic E-state index is 0.0871. The predicted octanol–water partition coefficient (Wildman–Crippen LogP) is 2.57. The van der Waals surface area contributed by atoms with Gasteiger partial charge in [-0.15, -0.1) is 0 Å². The lowest BCUT2D eigenvalue weighted by atomic mass is 10.2. The number of nitrogens with zero attached hydrogens (tertiary/aromatic N) is 1. The van der Waals surface area contributed by atoms with Gasteiger partial charge >= 0.3 is 0 Å². The number of aliphatic hydroxyl groups excluding tert-OH is 1. The van der Waals surface area contributed by atoms with Crippen molar-refractivity contribution in [2.24, 2.45) is 0 Å². The highest BCUT2D eigenvalue weighted by atomic mass is 35.5. The minimum Gasteiger partial charge on any atom is -0.396 e. The Labute approximate surface area is 125 Å². The molecule has 0 unspecified atom stereocenters. The van der Waals surface area contributed by atoms with Gasteiger partial charge in [-0.05, 0) is 44.2 Å². The van der Waals surface area contributed by atoms with Crippen molar-refractivity contribution in [1.82, 2.24) is 4.31 Å². The van der Waals surface area contributed by atoms with E-state index >= 15 is 0 Å². The zero-order valence-electron chi connectivity index (χ0n) is 11.5. The maximum absolute atomic E-state index is 12.8. The van der Waals surface area contributed by atoms with Gasteiger partial charge in [-0.1, -0.05) is 23.7 Å². The second-order valence-corrected chi connectivity index (χ2v) is 7.40. The molecule has 0 spiro atoms. The van der Waals surface area contributed by atoms with Gasteiger partial charge in [0.15, 0.2) is 0 Å². The quantitative estimate of drug-likeness (QED) is 0.786. The summed E-state index contributed by atoms with van der Waals surface area (Å²) in [5.41, 5.74) is 0.763. The summed E-state index contributed by atoms with van der Waals surface area (Å²) in [5.74, 6) is 0. The third-order valence-corrected chi connectivity index (χ3v) is 6.09. The number of unbranched alkanes of at least 4 members (excludes halogenated alkanes) is 1. The number of aliphatic hydroxyl groups is 1. The average molecular weight is 318 g/mol. The van der Waals surface area contributed by atoms with Crippen LogP contribution in [0.25, 0.3) is 0 Å². The van der Waals surface area contributed by atoms with Crippen molar-refractivity contribution >= 4 is 21.6 Å². The average Bonchev–Trinajstić information content (AvgIpc) is 3.22. The molecule has 0 bridgehead atoms. The Morgan fingerprint density at radius 1 is 1.35 bits per heavy atom. The van der Waals surface area contributed by atoms with Crippen molar-refractivity contribution in [3.8, 4) is 0 Å². The van der Waals surface area contributed by atoms with Crippen LogP contribution in [0.15, 0.2) is 23.1 Å². The molecule has 6 heteroatoms. The number of aryl methyl sites for hydroxylation is 1. The summed E-state index contributed by atoms with van der Waals surface area (Å²) in [6.07, 6.45) is 3.08. The van der Waals surface area contributed by atoms with Crippen molar-refractivity contribution in [2.45, 2.75) is 43.5 Å². The van der Waals surface area contributed by atoms with Gasteiger partial charge < -0.3 is 5.11 Å². The molecule has 1 aliphatic carbocycles. The third kappa shape index (κ3) is 3.34. The number of sulfonamides is 1. The molecular formula is C14H20ClNO3S. The van der Waals surface area contributed by atoms with Crippen LogP contribution in [0.5, 0.6) is 0 Å². The van der Waals surface area contributed by atoms with Crippen molar-refractivity contribution in [3.05, 3.63) is 28.8 Å². The Morgan fingerprint density at radius 2 is 2.05 bits per heavy atom. The molecular weight excluding hydrogens is 298 g/mol. The Morgan fingerprint density at radius 3 is 2.65 bits per heavy atom. The van der Waals surface area contributed by atoms with Crippen molar-refractivity contribution in [1.29, 1.82) is 0 Å². The summed E-state index contributed by atoms with van der Waals surface area (Å²) in [5, 5.41) is 9.15. The number of hydrogen-bond donors (Lipinski definition) is 1. The van der Waals surface area contributed by atoms with Crippen LogP contribution in [0.1, 0.15) is 31.2 Å². The molecule has 1 aliphatic rings. The molecule has 0 saturated heterocycles. The number of benzene rings is 1. The molecule has 20 heavy (non-hydrogen) atoms. The number of halogens is 1. The van der Waals surface area contributed by atoms with Crippen LogP contribution < -0.4 is 0 Å². The van der Waals surface area contributed by atoms with Crippen LogP contribution in [0.2, 0.25) is 5.02 Å². The van der Waals surface area contributed by atoms with E-state index in [-0.39, 0.29) is 17.5 Å². The zero-order valence-corrected chi connectivity index (χ0v) is 13.1. The highest BCUT2D eigenvalue weighted by molar-refractivity contribution is 7.89. The van der Waals surface area contributed by atoms with Crippen LogP contribution in [-0.2, 0) is 10.0 Å². The minimum atomic E-state index is -3.55. The second kappa shape index (κ2) is 6.43. The van der Waals surface area contributed by atoms with Gasteiger partial charge in [0, 0.05) is 19.2 Å². The van der Waals surface area contributed by atoms with E-state index in [9.17, 15) is 8.42 Å². The molecule has 112 valence electrons. The Balaban J connectivity index is 2.28. The summed E-state index contributed by atoms with van der Waals surface area (Å²) in [4.78, 5) is 0.190. The molecule has 1 saturated carbocycles. The van der Waals surface area contributed by atoms with E-state index in [1.807, 2.05) is 0 Å². The van der Waals surface area contributed by atoms with Crippen LogP contribution >= 0.6 is 11.6 Å². The normalized spacial score (nSPS) is 15.8. The van der Waals surface area contributed by atoms with Gasteiger partial charge in [0.2, 0.25) is 10.0 Å². The molecule has 2 rings (SSSR count). The van der Waals surface area contributed by atoms with Crippen LogP contribution in [0.4, 0.5) is 0 Å². The molecule has 1 N–H and O–H groups in total. The monoisotopic (exact) mass is 317 g/mol. The van der Waals surface area contributed by atoms with Gasteiger partial charge in [0.25, 0.3) is 0 Å². The fourth-order valence-corrected chi connectivity index (χ4v) is 4.47. The molecule has 0 amide bonds. The fourth-order valence-electron chi connectivity index (χ4n) is 2.19. The van der Waals surface area contributed by atoms with E-state index in [1.165, 1.54) is 0 Å². The van der Waals surface area contributed by atoms with E-state index in [1.54, 1.807) is 29.4 Å². The maximum Gasteiger partial charge on any atom is 0.244 e. The first-order chi connectivity index (χ1) is 9.48. The second-order valence-electron chi connectivity index (χ2n) is 5.16.